The molecule has 134 valence electrons. The van der Waals surface area contributed by atoms with Crippen molar-refractivity contribution in [2.45, 2.75) is 0 Å². The van der Waals surface area contributed by atoms with E-state index in [4.69, 9.17) is 11.6 Å². The van der Waals surface area contributed by atoms with Crippen LogP contribution in [0.1, 0.15) is 15.9 Å². The van der Waals surface area contributed by atoms with Crippen molar-refractivity contribution in [1.82, 2.24) is 0 Å². The predicted octanol–water partition coefficient (Wildman–Crippen LogP) is 5.24. The van der Waals surface area contributed by atoms with Gasteiger partial charge in [-0.1, -0.05) is 41.9 Å². The van der Waals surface area contributed by atoms with E-state index in [0.29, 0.717) is 22.0 Å². The predicted molar refractivity (Wildman–Crippen MR) is 110 cm³/mol. The minimum atomic E-state index is -0.244. The zero-order chi connectivity index (χ0) is 19.1. The molecular formula is C22H17ClN2O2. The van der Waals surface area contributed by atoms with Crippen LogP contribution in [0.15, 0.2) is 84.9 Å². The summed E-state index contributed by atoms with van der Waals surface area (Å²) in [6.07, 6.45) is 3.16. The van der Waals surface area contributed by atoms with Crippen molar-refractivity contribution >= 4 is 40.9 Å². The fourth-order valence-corrected chi connectivity index (χ4v) is 2.49. The van der Waals surface area contributed by atoms with Gasteiger partial charge in [0.2, 0.25) is 5.91 Å². The van der Waals surface area contributed by atoms with Crippen LogP contribution in [-0.4, -0.2) is 11.8 Å². The van der Waals surface area contributed by atoms with Crippen LogP contribution in [0, 0.1) is 0 Å². The van der Waals surface area contributed by atoms with Crippen LogP contribution in [0.3, 0.4) is 0 Å². The Morgan fingerprint density at radius 3 is 1.96 bits per heavy atom. The zero-order valence-corrected chi connectivity index (χ0v) is 15.1. The zero-order valence-electron chi connectivity index (χ0n) is 14.4. The number of benzene rings is 3. The highest BCUT2D eigenvalue weighted by atomic mass is 35.5. The molecule has 0 unspecified atom stereocenters. The number of carbonyl (C=O) groups excluding carboxylic acids is 2. The number of rotatable bonds is 5. The van der Waals surface area contributed by atoms with Crippen molar-refractivity contribution in [2.24, 2.45) is 0 Å². The van der Waals surface area contributed by atoms with Crippen LogP contribution in [0.4, 0.5) is 11.4 Å². The molecule has 3 aromatic rings. The Bertz CT molecular complexity index is 950. The molecule has 4 nitrogen and oxygen atoms in total. The molecule has 0 aliphatic heterocycles. The van der Waals surface area contributed by atoms with Gasteiger partial charge in [0.15, 0.2) is 0 Å². The Morgan fingerprint density at radius 1 is 0.741 bits per heavy atom. The average Bonchev–Trinajstić information content (AvgIpc) is 2.70. The molecule has 0 aliphatic rings. The van der Waals surface area contributed by atoms with E-state index < -0.39 is 0 Å². The second-order valence-electron chi connectivity index (χ2n) is 5.77. The van der Waals surface area contributed by atoms with Gasteiger partial charge in [-0.2, -0.15) is 0 Å². The Hall–Kier alpha value is -3.37. The van der Waals surface area contributed by atoms with Crippen molar-refractivity contribution in [3.8, 4) is 0 Å². The van der Waals surface area contributed by atoms with Crippen LogP contribution in [0.5, 0.6) is 0 Å². The number of nitrogens with one attached hydrogen (secondary N) is 2. The number of hydrogen-bond acceptors (Lipinski definition) is 2. The maximum absolute atomic E-state index is 12.1. The van der Waals surface area contributed by atoms with E-state index in [9.17, 15) is 9.59 Å². The minimum absolute atomic E-state index is 0.182. The third-order valence-corrected chi connectivity index (χ3v) is 4.00. The van der Waals surface area contributed by atoms with Crippen LogP contribution in [0.2, 0.25) is 5.02 Å². The molecule has 0 heterocycles. The Labute approximate surface area is 162 Å². The van der Waals surface area contributed by atoms with Crippen molar-refractivity contribution in [1.29, 1.82) is 0 Å². The maximum Gasteiger partial charge on any atom is 0.255 e. The first-order valence-corrected chi connectivity index (χ1v) is 8.69. The van der Waals surface area contributed by atoms with E-state index in [1.165, 1.54) is 6.08 Å². The van der Waals surface area contributed by atoms with Gasteiger partial charge in [0.05, 0.1) is 0 Å². The molecular weight excluding hydrogens is 360 g/mol. The van der Waals surface area contributed by atoms with Crippen molar-refractivity contribution in [2.75, 3.05) is 10.6 Å². The van der Waals surface area contributed by atoms with Crippen molar-refractivity contribution in [3.63, 3.8) is 0 Å². The van der Waals surface area contributed by atoms with Crippen LogP contribution in [0.25, 0.3) is 6.08 Å². The second kappa shape index (κ2) is 8.83. The van der Waals surface area contributed by atoms with Gasteiger partial charge in [0.1, 0.15) is 0 Å². The van der Waals surface area contributed by atoms with Gasteiger partial charge in [-0.3, -0.25) is 9.59 Å². The molecule has 3 rings (SSSR count). The molecule has 0 aromatic heterocycles. The molecule has 0 bridgehead atoms. The average molecular weight is 377 g/mol. The second-order valence-corrected chi connectivity index (χ2v) is 6.21. The lowest BCUT2D eigenvalue weighted by atomic mass is 10.2. The minimum Gasteiger partial charge on any atom is -0.323 e. The summed E-state index contributed by atoms with van der Waals surface area (Å²) in [6, 6.07) is 23.1. The quantitative estimate of drug-likeness (QED) is 0.598. The van der Waals surface area contributed by atoms with Gasteiger partial charge >= 0.3 is 0 Å². The first-order valence-electron chi connectivity index (χ1n) is 8.31. The van der Waals surface area contributed by atoms with E-state index >= 15 is 0 Å². The fraction of sp³-hybridized carbons (Fsp3) is 0. The summed E-state index contributed by atoms with van der Waals surface area (Å²) in [6.45, 7) is 0. The van der Waals surface area contributed by atoms with Gasteiger partial charge < -0.3 is 10.6 Å². The maximum atomic E-state index is 12.1. The van der Waals surface area contributed by atoms with E-state index in [1.54, 1.807) is 54.6 Å². The van der Waals surface area contributed by atoms with E-state index in [-0.39, 0.29) is 11.8 Å². The summed E-state index contributed by atoms with van der Waals surface area (Å²) in [5.74, 6) is -0.427. The largest absolute Gasteiger partial charge is 0.323 e. The van der Waals surface area contributed by atoms with Crippen molar-refractivity contribution < 1.29 is 9.59 Å². The number of amides is 2. The smallest absolute Gasteiger partial charge is 0.255 e. The summed E-state index contributed by atoms with van der Waals surface area (Å²) < 4.78 is 0. The first-order chi connectivity index (χ1) is 13.1. The highest BCUT2D eigenvalue weighted by Crippen LogP contribution is 2.15. The van der Waals surface area contributed by atoms with Crippen LogP contribution >= 0.6 is 11.6 Å². The third kappa shape index (κ3) is 5.56. The molecule has 0 saturated carbocycles. The molecule has 2 amide bonds. The lowest BCUT2D eigenvalue weighted by Crippen LogP contribution is -2.12. The normalized spacial score (nSPS) is 10.6. The lowest BCUT2D eigenvalue weighted by Gasteiger charge is -2.07. The number of carbonyl (C=O) groups is 2. The molecule has 0 aliphatic carbocycles. The molecule has 0 radical (unpaired) electrons. The van der Waals surface area contributed by atoms with Crippen LogP contribution in [-0.2, 0) is 4.79 Å². The summed E-state index contributed by atoms with van der Waals surface area (Å²) in [4.78, 5) is 24.1. The Kier molecular flexibility index (Phi) is 6.02. The molecule has 0 atom stereocenters. The standard InChI is InChI=1S/C22H17ClN2O2/c23-18-9-6-16(7-10-18)8-15-21(26)24-19-11-13-20(14-12-19)25-22(27)17-4-2-1-3-5-17/h1-15H,(H,24,26)(H,25,27). The van der Waals surface area contributed by atoms with Gasteiger partial charge in [-0.05, 0) is 60.2 Å². The van der Waals surface area contributed by atoms with E-state index in [2.05, 4.69) is 10.6 Å². The topological polar surface area (TPSA) is 58.2 Å². The Balaban J connectivity index is 1.56. The highest BCUT2D eigenvalue weighted by molar-refractivity contribution is 6.30. The Morgan fingerprint density at radius 2 is 1.33 bits per heavy atom. The van der Waals surface area contributed by atoms with Gasteiger partial charge in [0, 0.05) is 28.0 Å². The third-order valence-electron chi connectivity index (χ3n) is 3.74. The lowest BCUT2D eigenvalue weighted by molar-refractivity contribution is -0.111. The number of halogens is 1. The molecule has 0 fully saturated rings. The molecule has 3 aromatic carbocycles. The number of anilines is 2. The summed E-state index contributed by atoms with van der Waals surface area (Å²) >= 11 is 5.83. The van der Waals surface area contributed by atoms with Crippen LogP contribution < -0.4 is 10.6 Å². The SMILES string of the molecule is O=C(C=Cc1ccc(Cl)cc1)Nc1ccc(NC(=O)c2ccccc2)cc1. The summed E-state index contributed by atoms with van der Waals surface area (Å²) in [5, 5.41) is 6.23. The van der Waals surface area contributed by atoms with E-state index in [1.807, 2.05) is 30.3 Å². The molecule has 27 heavy (non-hydrogen) atoms. The molecule has 0 spiro atoms. The molecule has 5 heteroatoms. The van der Waals surface area contributed by atoms with Crippen molar-refractivity contribution in [3.05, 3.63) is 101 Å². The molecule has 2 N–H and O–H groups in total. The van der Waals surface area contributed by atoms with Gasteiger partial charge in [-0.25, -0.2) is 0 Å². The van der Waals surface area contributed by atoms with Gasteiger partial charge in [-0.15, -0.1) is 0 Å². The van der Waals surface area contributed by atoms with Gasteiger partial charge in [0.25, 0.3) is 5.91 Å². The first kappa shape index (κ1) is 18.4. The fourth-order valence-electron chi connectivity index (χ4n) is 2.36. The molecule has 0 saturated heterocycles. The number of hydrogen-bond donors (Lipinski definition) is 2. The monoisotopic (exact) mass is 376 g/mol. The summed E-state index contributed by atoms with van der Waals surface area (Å²) in [7, 11) is 0. The van der Waals surface area contributed by atoms with E-state index in [0.717, 1.165) is 5.56 Å². The summed E-state index contributed by atoms with van der Waals surface area (Å²) in [5.41, 5.74) is 2.76. The highest BCUT2D eigenvalue weighted by Gasteiger charge is 2.05.